The minimum absolute atomic E-state index is 0.208. The first-order valence-corrected chi connectivity index (χ1v) is 8.70. The van der Waals surface area contributed by atoms with Gasteiger partial charge in [0.1, 0.15) is 0 Å². The molecule has 0 fully saturated rings. The van der Waals surface area contributed by atoms with Gasteiger partial charge in [-0.3, -0.25) is 4.72 Å². The van der Waals surface area contributed by atoms with Crippen molar-refractivity contribution in [2.24, 2.45) is 0 Å². The zero-order valence-electron chi connectivity index (χ0n) is 13.2. The molecule has 0 bridgehead atoms. The summed E-state index contributed by atoms with van der Waals surface area (Å²) in [5, 5.41) is 3.02. The summed E-state index contributed by atoms with van der Waals surface area (Å²) in [6, 6.07) is 7.82. The Bertz CT molecular complexity index is 734. The monoisotopic (exact) mass is 329 g/mol. The predicted molar refractivity (Wildman–Crippen MR) is 93.9 cm³/mol. The highest BCUT2D eigenvalue weighted by atomic mass is 32.2. The van der Waals surface area contributed by atoms with Crippen LogP contribution in [-0.4, -0.2) is 24.4 Å². The van der Waals surface area contributed by atoms with E-state index in [1.54, 1.807) is 13.3 Å². The number of carbonyl (C=O) groups is 1. The third kappa shape index (κ3) is 3.27. The van der Waals surface area contributed by atoms with Crippen LogP contribution in [0.25, 0.3) is 11.1 Å². The quantitative estimate of drug-likeness (QED) is 0.841. The predicted octanol–water partition coefficient (Wildman–Crippen LogP) is 3.65. The minimum Gasteiger partial charge on any atom is -0.481 e. The van der Waals surface area contributed by atoms with E-state index in [0.29, 0.717) is 5.88 Å². The normalized spacial score (nSPS) is 12.6. The highest BCUT2D eigenvalue weighted by molar-refractivity contribution is 7.97. The molecule has 1 aliphatic rings. The maximum absolute atomic E-state index is 12.0. The molecule has 120 valence electrons. The summed E-state index contributed by atoms with van der Waals surface area (Å²) in [6.07, 6.45) is 6.71. The molecule has 0 spiro atoms. The van der Waals surface area contributed by atoms with E-state index in [4.69, 9.17) is 4.74 Å². The van der Waals surface area contributed by atoms with Gasteiger partial charge in [0.2, 0.25) is 5.88 Å². The number of nitrogens with zero attached hydrogens (tertiary/aromatic N) is 1. The fraction of sp³-hybridized carbons (Fsp3) is 0.294. The second-order valence-corrected chi connectivity index (χ2v) is 5.94. The van der Waals surface area contributed by atoms with Crippen molar-refractivity contribution in [1.29, 1.82) is 0 Å². The van der Waals surface area contributed by atoms with Crippen LogP contribution < -0.4 is 14.8 Å². The smallest absolute Gasteiger partial charge is 0.329 e. The highest BCUT2D eigenvalue weighted by Gasteiger charge is 2.20. The van der Waals surface area contributed by atoms with Gasteiger partial charge in [-0.25, -0.2) is 9.78 Å². The van der Waals surface area contributed by atoms with Crippen molar-refractivity contribution in [3.05, 3.63) is 41.6 Å². The molecule has 23 heavy (non-hydrogen) atoms. The van der Waals surface area contributed by atoms with Crippen molar-refractivity contribution in [2.45, 2.75) is 19.3 Å². The third-order valence-corrected chi connectivity index (χ3v) is 4.36. The van der Waals surface area contributed by atoms with Crippen molar-refractivity contribution >= 4 is 23.7 Å². The average molecular weight is 329 g/mol. The first kappa shape index (κ1) is 15.7. The van der Waals surface area contributed by atoms with Crippen LogP contribution in [0.5, 0.6) is 5.88 Å². The molecular formula is C17H19N3O2S. The number of hydrogen-bond donors (Lipinski definition) is 2. The van der Waals surface area contributed by atoms with Gasteiger partial charge in [0.15, 0.2) is 0 Å². The summed E-state index contributed by atoms with van der Waals surface area (Å²) < 4.78 is 7.93. The number of aromatic nitrogens is 1. The summed E-state index contributed by atoms with van der Waals surface area (Å²) in [4.78, 5) is 16.2. The van der Waals surface area contributed by atoms with Crippen LogP contribution in [0.1, 0.15) is 17.5 Å². The minimum atomic E-state index is -0.208. The van der Waals surface area contributed by atoms with E-state index in [1.807, 2.05) is 18.4 Å². The Kier molecular flexibility index (Phi) is 4.71. The number of urea groups is 1. The lowest BCUT2D eigenvalue weighted by atomic mass is 9.98. The summed E-state index contributed by atoms with van der Waals surface area (Å²) in [5.41, 5.74) is 5.40. The number of methoxy groups -OCH3 is 1. The maximum atomic E-state index is 12.0. The Morgan fingerprint density at radius 3 is 2.96 bits per heavy atom. The number of nitrogens with one attached hydrogen (secondary N) is 2. The molecule has 0 atom stereocenters. The third-order valence-electron chi connectivity index (χ3n) is 3.97. The molecule has 1 aliphatic carbocycles. The standard InChI is InChI=1S/C17H19N3O2S/c1-22-15-10-12(8-9-18-15)14-7-6-11-4-3-5-13(11)16(14)19-17(21)20-23-2/h6-10H,3-5H2,1-2H3,(H2,19,20,21). The molecule has 0 saturated carbocycles. The van der Waals surface area contributed by atoms with Gasteiger partial charge in [-0.2, -0.15) is 0 Å². The number of carbonyl (C=O) groups excluding carboxylic acids is 1. The van der Waals surface area contributed by atoms with E-state index in [0.717, 1.165) is 36.1 Å². The Labute approximate surface area is 140 Å². The molecule has 3 rings (SSSR count). The van der Waals surface area contributed by atoms with E-state index in [2.05, 4.69) is 27.2 Å². The maximum Gasteiger partial charge on any atom is 0.329 e. The molecule has 6 heteroatoms. The topological polar surface area (TPSA) is 63.2 Å². The van der Waals surface area contributed by atoms with E-state index in [9.17, 15) is 4.79 Å². The fourth-order valence-corrected chi connectivity index (χ4v) is 3.21. The Morgan fingerprint density at radius 2 is 2.17 bits per heavy atom. The second-order valence-electron chi connectivity index (χ2n) is 5.33. The Hall–Kier alpha value is -2.21. The highest BCUT2D eigenvalue weighted by Crippen LogP contribution is 2.38. The van der Waals surface area contributed by atoms with E-state index < -0.39 is 0 Å². The number of anilines is 1. The van der Waals surface area contributed by atoms with Gasteiger partial charge in [-0.05, 0) is 42.0 Å². The molecule has 0 radical (unpaired) electrons. The zero-order chi connectivity index (χ0) is 16.2. The lowest BCUT2D eigenvalue weighted by Gasteiger charge is -2.16. The van der Waals surface area contributed by atoms with Crippen molar-refractivity contribution in [1.82, 2.24) is 9.71 Å². The molecule has 2 aromatic rings. The molecule has 0 aliphatic heterocycles. The van der Waals surface area contributed by atoms with Gasteiger partial charge in [-0.15, -0.1) is 0 Å². The van der Waals surface area contributed by atoms with Gasteiger partial charge in [0.25, 0.3) is 0 Å². The molecule has 1 heterocycles. The molecule has 5 nitrogen and oxygen atoms in total. The Morgan fingerprint density at radius 1 is 1.30 bits per heavy atom. The molecule has 0 unspecified atom stereocenters. The van der Waals surface area contributed by atoms with Crippen molar-refractivity contribution in [2.75, 3.05) is 18.7 Å². The van der Waals surface area contributed by atoms with Crippen LogP contribution in [0.2, 0.25) is 0 Å². The van der Waals surface area contributed by atoms with Gasteiger partial charge in [0.05, 0.1) is 12.8 Å². The summed E-state index contributed by atoms with van der Waals surface area (Å²) in [5.74, 6) is 0.558. The lowest BCUT2D eigenvalue weighted by Crippen LogP contribution is -2.23. The van der Waals surface area contributed by atoms with Crippen LogP contribution in [0.15, 0.2) is 30.5 Å². The molecule has 0 saturated heterocycles. The van der Waals surface area contributed by atoms with Crippen LogP contribution >= 0.6 is 11.9 Å². The summed E-state index contributed by atoms with van der Waals surface area (Å²) in [7, 11) is 1.60. The van der Waals surface area contributed by atoms with Crippen LogP contribution in [0, 0.1) is 0 Å². The number of benzene rings is 1. The van der Waals surface area contributed by atoms with Crippen LogP contribution in [-0.2, 0) is 12.8 Å². The molecular weight excluding hydrogens is 310 g/mol. The van der Waals surface area contributed by atoms with Crippen LogP contribution in [0.4, 0.5) is 10.5 Å². The number of ether oxygens (including phenoxy) is 1. The van der Waals surface area contributed by atoms with E-state index >= 15 is 0 Å². The number of hydrogen-bond acceptors (Lipinski definition) is 4. The molecule has 2 N–H and O–H groups in total. The second kappa shape index (κ2) is 6.91. The van der Waals surface area contributed by atoms with Crippen LogP contribution in [0.3, 0.4) is 0 Å². The van der Waals surface area contributed by atoms with Crippen molar-refractivity contribution in [3.8, 4) is 17.0 Å². The molecule has 2 amide bonds. The van der Waals surface area contributed by atoms with Gasteiger partial charge < -0.3 is 10.1 Å². The average Bonchev–Trinajstić information content (AvgIpc) is 3.04. The van der Waals surface area contributed by atoms with E-state index in [-0.39, 0.29) is 6.03 Å². The van der Waals surface area contributed by atoms with Gasteiger partial charge >= 0.3 is 6.03 Å². The fourth-order valence-electron chi connectivity index (χ4n) is 2.97. The van der Waals surface area contributed by atoms with Gasteiger partial charge in [0, 0.05) is 24.1 Å². The number of amides is 2. The van der Waals surface area contributed by atoms with Gasteiger partial charge in [-0.1, -0.05) is 24.1 Å². The first-order valence-electron chi connectivity index (χ1n) is 7.48. The largest absolute Gasteiger partial charge is 0.481 e. The number of aryl methyl sites for hydroxylation is 1. The summed E-state index contributed by atoms with van der Waals surface area (Å²) >= 11 is 1.28. The SMILES string of the molecule is COc1cc(-c2ccc3c(c2NC(=O)NSC)CCC3)ccn1. The Balaban J connectivity index is 2.07. The van der Waals surface area contributed by atoms with Crippen molar-refractivity contribution in [3.63, 3.8) is 0 Å². The first-order chi connectivity index (χ1) is 11.2. The lowest BCUT2D eigenvalue weighted by molar-refractivity contribution is 0.257. The molecule has 1 aromatic heterocycles. The molecule has 1 aromatic carbocycles. The zero-order valence-corrected chi connectivity index (χ0v) is 14.0. The van der Waals surface area contributed by atoms with E-state index in [1.165, 1.54) is 23.1 Å². The number of fused-ring (bicyclic) bond motifs is 1. The van der Waals surface area contributed by atoms with Crippen molar-refractivity contribution < 1.29 is 9.53 Å². The summed E-state index contributed by atoms with van der Waals surface area (Å²) in [6.45, 7) is 0. The number of rotatable bonds is 4. The number of pyridine rings is 1.